The Hall–Kier alpha value is -2.73. The summed E-state index contributed by atoms with van der Waals surface area (Å²) in [6.45, 7) is 3.74. The van der Waals surface area contributed by atoms with Gasteiger partial charge in [-0.2, -0.15) is 0 Å². The molecule has 0 spiro atoms. The van der Waals surface area contributed by atoms with E-state index in [9.17, 15) is 14.7 Å². The average Bonchev–Trinajstić information content (AvgIpc) is 2.62. The summed E-state index contributed by atoms with van der Waals surface area (Å²) in [4.78, 5) is 28.6. The second-order valence-corrected chi connectivity index (χ2v) is 6.21. The van der Waals surface area contributed by atoms with Crippen molar-refractivity contribution < 1.29 is 14.7 Å². The number of piperazine rings is 1. The van der Waals surface area contributed by atoms with Crippen LogP contribution in [0.3, 0.4) is 0 Å². The lowest BCUT2D eigenvalue weighted by Gasteiger charge is -2.35. The molecule has 2 aromatic rings. The molecule has 3 N–H and O–H groups in total. The molecule has 2 aromatic carbocycles. The molecular weight excluding hydrogens is 354 g/mol. The number of aromatic hydroxyl groups is 1. The van der Waals surface area contributed by atoms with E-state index in [2.05, 4.69) is 0 Å². The van der Waals surface area contributed by atoms with E-state index in [0.717, 1.165) is 5.56 Å². The summed E-state index contributed by atoms with van der Waals surface area (Å²) in [5.74, 6) is -0.130. The van der Waals surface area contributed by atoms with E-state index in [1.165, 1.54) is 12.1 Å². The maximum Gasteiger partial charge on any atom is 0.254 e. The van der Waals surface area contributed by atoms with Crippen molar-refractivity contribution in [3.05, 3.63) is 59.2 Å². The van der Waals surface area contributed by atoms with Gasteiger partial charge in [0.25, 0.3) is 11.8 Å². The van der Waals surface area contributed by atoms with Crippen molar-refractivity contribution in [2.45, 2.75) is 6.92 Å². The van der Waals surface area contributed by atoms with Gasteiger partial charge in [0.2, 0.25) is 0 Å². The Balaban J connectivity index is 0.00000243. The summed E-state index contributed by atoms with van der Waals surface area (Å²) in [7, 11) is 0. The summed E-state index contributed by atoms with van der Waals surface area (Å²) >= 11 is 0. The topological polar surface area (TPSA) is 86.9 Å². The van der Waals surface area contributed by atoms with Gasteiger partial charge in [0.05, 0.1) is 0 Å². The van der Waals surface area contributed by atoms with Crippen LogP contribution in [0.15, 0.2) is 42.5 Å². The largest absolute Gasteiger partial charge is 0.508 e. The van der Waals surface area contributed by atoms with Crippen LogP contribution in [-0.2, 0) is 0 Å². The number of amides is 2. The van der Waals surface area contributed by atoms with Crippen LogP contribution in [0.2, 0.25) is 0 Å². The van der Waals surface area contributed by atoms with Crippen LogP contribution in [0, 0.1) is 6.92 Å². The third-order valence-corrected chi connectivity index (χ3v) is 4.44. The van der Waals surface area contributed by atoms with E-state index < -0.39 is 0 Å². The van der Waals surface area contributed by atoms with Crippen molar-refractivity contribution >= 4 is 29.9 Å². The molecule has 3 rings (SSSR count). The Morgan fingerprint density at radius 2 is 1.58 bits per heavy atom. The van der Waals surface area contributed by atoms with Crippen molar-refractivity contribution in [1.29, 1.82) is 0 Å². The molecule has 138 valence electrons. The number of nitrogen functional groups attached to an aromatic ring is 1. The number of aryl methyl sites for hydroxylation is 1. The second-order valence-electron chi connectivity index (χ2n) is 6.21. The van der Waals surface area contributed by atoms with Gasteiger partial charge in [0.1, 0.15) is 5.75 Å². The number of nitrogens with zero attached hydrogens (tertiary/aromatic N) is 2. The van der Waals surface area contributed by atoms with Crippen LogP contribution in [0.4, 0.5) is 5.69 Å². The Labute approximate surface area is 158 Å². The van der Waals surface area contributed by atoms with Crippen molar-refractivity contribution in [3.8, 4) is 5.75 Å². The van der Waals surface area contributed by atoms with Crippen LogP contribution >= 0.6 is 12.4 Å². The summed E-state index contributed by atoms with van der Waals surface area (Å²) in [6, 6.07) is 11.6. The van der Waals surface area contributed by atoms with Gasteiger partial charge in [-0.15, -0.1) is 12.4 Å². The lowest BCUT2D eigenvalue weighted by Crippen LogP contribution is -2.50. The first-order chi connectivity index (χ1) is 12.0. The Morgan fingerprint density at radius 1 is 0.962 bits per heavy atom. The molecule has 1 fully saturated rings. The SMILES string of the molecule is Cc1ccc(N)cc1C(=O)N1CCN(C(=O)c2cccc(O)c2)CC1.Cl. The standard InChI is InChI=1S/C19H21N3O3.ClH/c1-13-5-6-15(20)12-17(13)19(25)22-9-7-21(8-10-22)18(24)14-3-2-4-16(23)11-14;/h2-6,11-12,23H,7-10,20H2,1H3;1H. The predicted octanol–water partition coefficient (Wildman–Crippen LogP) is 2.30. The van der Waals surface area contributed by atoms with Crippen LogP contribution in [0.5, 0.6) is 5.75 Å². The zero-order chi connectivity index (χ0) is 18.0. The number of nitrogens with two attached hydrogens (primary N) is 1. The molecule has 0 bridgehead atoms. The fourth-order valence-corrected chi connectivity index (χ4v) is 2.97. The van der Waals surface area contributed by atoms with E-state index in [-0.39, 0.29) is 30.0 Å². The van der Waals surface area contributed by atoms with Gasteiger partial charge in [0, 0.05) is 43.0 Å². The normalized spacial score (nSPS) is 13.9. The molecule has 2 amide bonds. The third kappa shape index (κ3) is 4.08. The monoisotopic (exact) mass is 375 g/mol. The smallest absolute Gasteiger partial charge is 0.254 e. The van der Waals surface area contributed by atoms with Gasteiger partial charge in [0.15, 0.2) is 0 Å². The summed E-state index contributed by atoms with van der Waals surface area (Å²) in [5, 5.41) is 9.52. The van der Waals surface area contributed by atoms with Crippen molar-refractivity contribution in [2.24, 2.45) is 0 Å². The number of carbonyl (C=O) groups is 2. The first-order valence-corrected chi connectivity index (χ1v) is 8.19. The van der Waals surface area contributed by atoms with E-state index >= 15 is 0 Å². The number of phenols is 1. The van der Waals surface area contributed by atoms with Gasteiger partial charge in [-0.3, -0.25) is 9.59 Å². The number of rotatable bonds is 2. The molecule has 0 aromatic heterocycles. The molecule has 1 aliphatic heterocycles. The van der Waals surface area contributed by atoms with E-state index in [1.54, 1.807) is 34.1 Å². The minimum atomic E-state index is -0.136. The number of hydrogen-bond donors (Lipinski definition) is 2. The van der Waals surface area contributed by atoms with Gasteiger partial charge in [-0.25, -0.2) is 0 Å². The highest BCUT2D eigenvalue weighted by molar-refractivity contribution is 5.97. The first kappa shape index (κ1) is 19.6. The zero-order valence-corrected chi connectivity index (χ0v) is 15.3. The fourth-order valence-electron chi connectivity index (χ4n) is 2.97. The van der Waals surface area contributed by atoms with Crippen LogP contribution in [-0.4, -0.2) is 52.9 Å². The molecule has 1 saturated heterocycles. The number of hydrogen-bond acceptors (Lipinski definition) is 4. The predicted molar refractivity (Wildman–Crippen MR) is 103 cm³/mol. The molecule has 0 aliphatic carbocycles. The summed E-state index contributed by atoms with van der Waals surface area (Å²) in [6.07, 6.45) is 0. The second kappa shape index (κ2) is 8.10. The quantitative estimate of drug-likeness (QED) is 0.788. The van der Waals surface area contributed by atoms with E-state index in [4.69, 9.17) is 5.73 Å². The fraction of sp³-hybridized carbons (Fsp3) is 0.263. The maximum atomic E-state index is 12.7. The Morgan fingerprint density at radius 3 is 2.19 bits per heavy atom. The molecule has 0 unspecified atom stereocenters. The van der Waals surface area contributed by atoms with Crippen molar-refractivity contribution in [3.63, 3.8) is 0 Å². The molecule has 0 atom stereocenters. The average molecular weight is 376 g/mol. The molecular formula is C19H22ClN3O3. The van der Waals surface area contributed by atoms with Gasteiger partial charge in [-0.1, -0.05) is 12.1 Å². The Kier molecular flexibility index (Phi) is 6.10. The molecule has 1 aliphatic rings. The molecule has 1 heterocycles. The summed E-state index contributed by atoms with van der Waals surface area (Å²) < 4.78 is 0. The first-order valence-electron chi connectivity index (χ1n) is 8.19. The number of halogens is 1. The van der Waals surface area contributed by atoms with Crippen molar-refractivity contribution in [2.75, 3.05) is 31.9 Å². The highest BCUT2D eigenvalue weighted by Gasteiger charge is 2.26. The number of carbonyl (C=O) groups excluding carboxylic acids is 2. The number of benzene rings is 2. The lowest BCUT2D eigenvalue weighted by molar-refractivity contribution is 0.0535. The molecule has 6 nitrogen and oxygen atoms in total. The zero-order valence-electron chi connectivity index (χ0n) is 14.5. The van der Waals surface area contributed by atoms with Gasteiger partial charge >= 0.3 is 0 Å². The van der Waals surface area contributed by atoms with Crippen LogP contribution in [0.25, 0.3) is 0 Å². The Bertz CT molecular complexity index is 817. The number of anilines is 1. The molecule has 7 heteroatoms. The van der Waals surface area contributed by atoms with E-state index in [1.807, 2.05) is 13.0 Å². The van der Waals surface area contributed by atoms with Crippen molar-refractivity contribution in [1.82, 2.24) is 9.80 Å². The highest BCUT2D eigenvalue weighted by atomic mass is 35.5. The molecule has 0 radical (unpaired) electrons. The highest BCUT2D eigenvalue weighted by Crippen LogP contribution is 2.18. The molecule has 26 heavy (non-hydrogen) atoms. The minimum absolute atomic E-state index is 0. The lowest BCUT2D eigenvalue weighted by atomic mass is 10.1. The molecule has 0 saturated carbocycles. The van der Waals surface area contributed by atoms with Crippen LogP contribution in [0.1, 0.15) is 26.3 Å². The minimum Gasteiger partial charge on any atom is -0.508 e. The van der Waals surface area contributed by atoms with Gasteiger partial charge in [-0.05, 0) is 42.8 Å². The van der Waals surface area contributed by atoms with Crippen LogP contribution < -0.4 is 5.73 Å². The van der Waals surface area contributed by atoms with E-state index in [0.29, 0.717) is 43.0 Å². The third-order valence-electron chi connectivity index (χ3n) is 4.44. The number of phenolic OH excluding ortho intramolecular Hbond substituents is 1. The maximum absolute atomic E-state index is 12.7. The summed E-state index contributed by atoms with van der Waals surface area (Å²) in [5.41, 5.74) is 8.29. The van der Waals surface area contributed by atoms with Gasteiger partial charge < -0.3 is 20.6 Å².